The molecule has 1 aromatic rings. The van der Waals surface area contributed by atoms with Crippen molar-refractivity contribution in [1.82, 2.24) is 5.32 Å². The maximum atomic E-state index is 12.2. The van der Waals surface area contributed by atoms with Crippen molar-refractivity contribution < 1.29 is 14.3 Å². The highest BCUT2D eigenvalue weighted by molar-refractivity contribution is 6.00. The predicted molar refractivity (Wildman–Crippen MR) is 76.6 cm³/mol. The molecule has 1 aromatic carbocycles. The quantitative estimate of drug-likeness (QED) is 0.801. The van der Waals surface area contributed by atoms with E-state index in [1.165, 1.54) is 0 Å². The van der Waals surface area contributed by atoms with Crippen LogP contribution in [0.3, 0.4) is 0 Å². The van der Waals surface area contributed by atoms with E-state index in [1.54, 1.807) is 37.1 Å². The molecule has 6 heteroatoms. The highest BCUT2D eigenvalue weighted by atomic mass is 16.5. The van der Waals surface area contributed by atoms with Gasteiger partial charge in [0.15, 0.2) is 6.10 Å². The molecule has 0 bridgehead atoms. The highest BCUT2D eigenvalue weighted by Gasteiger charge is 2.31. The van der Waals surface area contributed by atoms with Crippen LogP contribution in [0, 0.1) is 0 Å². The maximum absolute atomic E-state index is 12.2. The van der Waals surface area contributed by atoms with Crippen LogP contribution in [0.25, 0.3) is 0 Å². The summed E-state index contributed by atoms with van der Waals surface area (Å²) in [5.74, 6) is 0.479. The molecule has 108 valence electrons. The summed E-state index contributed by atoms with van der Waals surface area (Å²) in [5, 5.41) is 2.57. The lowest BCUT2D eigenvalue weighted by molar-refractivity contribution is -0.126. The van der Waals surface area contributed by atoms with Gasteiger partial charge in [0.2, 0.25) is 5.91 Å². The minimum atomic E-state index is -0.538. The zero-order valence-corrected chi connectivity index (χ0v) is 11.7. The second kappa shape index (κ2) is 5.81. The standard InChI is InChI=1S/C14H19N3O3/c1-9-14(19)17(7-3-4-13(18)16-2)11-6-5-10(15)8-12(11)20-9/h5-6,8-9H,3-4,7,15H2,1-2H3,(H,16,18). The number of nitrogens with one attached hydrogen (secondary N) is 1. The number of carbonyl (C=O) groups is 2. The Kier molecular flexibility index (Phi) is 4.12. The number of rotatable bonds is 4. The van der Waals surface area contributed by atoms with Gasteiger partial charge in [-0.05, 0) is 25.5 Å². The highest BCUT2D eigenvalue weighted by Crippen LogP contribution is 2.35. The fourth-order valence-corrected chi connectivity index (χ4v) is 2.18. The Bertz CT molecular complexity index is 530. The van der Waals surface area contributed by atoms with Crippen LogP contribution in [-0.2, 0) is 9.59 Å². The van der Waals surface area contributed by atoms with Crippen LogP contribution < -0.4 is 20.7 Å². The van der Waals surface area contributed by atoms with E-state index in [0.717, 1.165) is 0 Å². The van der Waals surface area contributed by atoms with Crippen molar-refractivity contribution in [2.24, 2.45) is 0 Å². The molecule has 6 nitrogen and oxygen atoms in total. The topological polar surface area (TPSA) is 84.7 Å². The van der Waals surface area contributed by atoms with Crippen molar-refractivity contribution in [3.63, 3.8) is 0 Å². The summed E-state index contributed by atoms with van der Waals surface area (Å²) in [6.07, 6.45) is 0.450. The summed E-state index contributed by atoms with van der Waals surface area (Å²) in [4.78, 5) is 25.1. The Morgan fingerprint density at radius 3 is 2.95 bits per heavy atom. The summed E-state index contributed by atoms with van der Waals surface area (Å²) in [6, 6.07) is 5.22. The molecule has 0 aromatic heterocycles. The number of nitrogens with zero attached hydrogens (tertiary/aromatic N) is 1. The number of hydrogen-bond donors (Lipinski definition) is 2. The van der Waals surface area contributed by atoms with Crippen LogP contribution in [0.4, 0.5) is 11.4 Å². The molecule has 0 aliphatic carbocycles. The molecule has 0 spiro atoms. The van der Waals surface area contributed by atoms with Crippen LogP contribution in [0.15, 0.2) is 18.2 Å². The third-order valence-electron chi connectivity index (χ3n) is 3.26. The minimum absolute atomic E-state index is 0.0312. The molecule has 0 saturated carbocycles. The monoisotopic (exact) mass is 277 g/mol. The zero-order valence-electron chi connectivity index (χ0n) is 11.7. The second-order valence-electron chi connectivity index (χ2n) is 4.75. The van der Waals surface area contributed by atoms with E-state index in [9.17, 15) is 9.59 Å². The Labute approximate surface area is 117 Å². The maximum Gasteiger partial charge on any atom is 0.267 e. The number of nitrogen functional groups attached to an aromatic ring is 1. The Balaban J connectivity index is 2.15. The zero-order chi connectivity index (χ0) is 14.7. The first-order valence-electron chi connectivity index (χ1n) is 6.61. The summed E-state index contributed by atoms with van der Waals surface area (Å²) in [5.41, 5.74) is 7.03. The smallest absolute Gasteiger partial charge is 0.267 e. The van der Waals surface area contributed by atoms with Crippen molar-refractivity contribution in [2.75, 3.05) is 24.2 Å². The fraction of sp³-hybridized carbons (Fsp3) is 0.429. The van der Waals surface area contributed by atoms with Gasteiger partial charge in [0.25, 0.3) is 5.91 Å². The Morgan fingerprint density at radius 2 is 2.25 bits per heavy atom. The molecular formula is C14H19N3O3. The van der Waals surface area contributed by atoms with Gasteiger partial charge in [0, 0.05) is 31.8 Å². The van der Waals surface area contributed by atoms with E-state index in [1.807, 2.05) is 0 Å². The lowest BCUT2D eigenvalue weighted by Gasteiger charge is -2.33. The third kappa shape index (κ3) is 2.84. The predicted octanol–water partition coefficient (Wildman–Crippen LogP) is 0.909. The SMILES string of the molecule is CNC(=O)CCCN1C(=O)C(C)Oc2cc(N)ccc21. The van der Waals surface area contributed by atoms with Gasteiger partial charge in [-0.3, -0.25) is 9.59 Å². The second-order valence-corrected chi connectivity index (χ2v) is 4.75. The van der Waals surface area contributed by atoms with Crippen LogP contribution in [0.2, 0.25) is 0 Å². The van der Waals surface area contributed by atoms with Gasteiger partial charge in [-0.25, -0.2) is 0 Å². The number of anilines is 2. The summed E-state index contributed by atoms with van der Waals surface area (Å²) < 4.78 is 5.55. The van der Waals surface area contributed by atoms with Crippen molar-refractivity contribution in [1.29, 1.82) is 0 Å². The largest absolute Gasteiger partial charge is 0.479 e. The summed E-state index contributed by atoms with van der Waals surface area (Å²) in [6.45, 7) is 2.19. The van der Waals surface area contributed by atoms with Gasteiger partial charge in [0.1, 0.15) is 5.75 Å². The fourth-order valence-electron chi connectivity index (χ4n) is 2.18. The van der Waals surface area contributed by atoms with Crippen molar-refractivity contribution in [2.45, 2.75) is 25.9 Å². The third-order valence-corrected chi connectivity index (χ3v) is 3.26. The number of benzene rings is 1. The Morgan fingerprint density at radius 1 is 1.50 bits per heavy atom. The molecule has 2 amide bonds. The summed E-state index contributed by atoms with van der Waals surface area (Å²) >= 11 is 0. The molecule has 1 heterocycles. The average Bonchev–Trinajstić information content (AvgIpc) is 2.42. The van der Waals surface area contributed by atoms with Gasteiger partial charge < -0.3 is 20.7 Å². The lowest BCUT2D eigenvalue weighted by atomic mass is 10.1. The van der Waals surface area contributed by atoms with E-state index < -0.39 is 6.10 Å². The molecule has 0 saturated heterocycles. The summed E-state index contributed by atoms with van der Waals surface area (Å²) in [7, 11) is 1.60. The van der Waals surface area contributed by atoms with Gasteiger partial charge in [-0.15, -0.1) is 0 Å². The van der Waals surface area contributed by atoms with E-state index in [2.05, 4.69) is 5.32 Å². The molecule has 3 N–H and O–H groups in total. The van der Waals surface area contributed by atoms with Gasteiger partial charge >= 0.3 is 0 Å². The minimum Gasteiger partial charge on any atom is -0.479 e. The number of amides is 2. The van der Waals surface area contributed by atoms with Crippen LogP contribution in [0.5, 0.6) is 5.75 Å². The first-order valence-corrected chi connectivity index (χ1v) is 6.61. The number of ether oxygens (including phenoxy) is 1. The number of fused-ring (bicyclic) bond motifs is 1. The molecule has 0 fully saturated rings. The van der Waals surface area contributed by atoms with E-state index in [-0.39, 0.29) is 11.8 Å². The van der Waals surface area contributed by atoms with E-state index in [4.69, 9.17) is 10.5 Å². The lowest BCUT2D eigenvalue weighted by Crippen LogP contribution is -2.45. The number of nitrogens with two attached hydrogens (primary N) is 1. The molecule has 1 aliphatic rings. The molecule has 1 atom stereocenters. The van der Waals surface area contributed by atoms with Gasteiger partial charge in [-0.1, -0.05) is 0 Å². The average molecular weight is 277 g/mol. The van der Waals surface area contributed by atoms with Gasteiger partial charge in [-0.2, -0.15) is 0 Å². The van der Waals surface area contributed by atoms with Crippen LogP contribution >= 0.6 is 0 Å². The molecule has 20 heavy (non-hydrogen) atoms. The first kappa shape index (κ1) is 14.2. The molecule has 1 aliphatic heterocycles. The van der Waals surface area contributed by atoms with E-state index >= 15 is 0 Å². The molecule has 1 unspecified atom stereocenters. The van der Waals surface area contributed by atoms with Crippen molar-refractivity contribution >= 4 is 23.2 Å². The van der Waals surface area contributed by atoms with Gasteiger partial charge in [0.05, 0.1) is 5.69 Å². The van der Waals surface area contributed by atoms with Crippen LogP contribution in [0.1, 0.15) is 19.8 Å². The van der Waals surface area contributed by atoms with Crippen molar-refractivity contribution in [3.8, 4) is 5.75 Å². The number of hydrogen-bond acceptors (Lipinski definition) is 4. The Hall–Kier alpha value is -2.24. The van der Waals surface area contributed by atoms with Crippen LogP contribution in [-0.4, -0.2) is 31.5 Å². The molecule has 0 radical (unpaired) electrons. The number of carbonyl (C=O) groups excluding carboxylic acids is 2. The normalized spacial score (nSPS) is 17.4. The first-order chi connectivity index (χ1) is 9.52. The van der Waals surface area contributed by atoms with E-state index in [0.29, 0.717) is 36.5 Å². The molecule has 2 rings (SSSR count). The van der Waals surface area contributed by atoms with Crippen molar-refractivity contribution in [3.05, 3.63) is 18.2 Å². The molecular weight excluding hydrogens is 258 g/mol.